The van der Waals surface area contributed by atoms with E-state index < -0.39 is 0 Å². The third-order valence-corrected chi connectivity index (χ3v) is 3.88. The van der Waals surface area contributed by atoms with Crippen LogP contribution in [0.4, 0.5) is 5.69 Å². The minimum absolute atomic E-state index is 0.138. The van der Waals surface area contributed by atoms with E-state index in [1.54, 1.807) is 31.4 Å². The zero-order valence-corrected chi connectivity index (χ0v) is 14.1. The van der Waals surface area contributed by atoms with E-state index in [0.717, 1.165) is 17.7 Å². The van der Waals surface area contributed by atoms with E-state index >= 15 is 0 Å². The molecule has 126 valence electrons. The normalized spacial score (nSPS) is 15.4. The van der Waals surface area contributed by atoms with Crippen molar-refractivity contribution < 1.29 is 19.0 Å². The first-order valence-corrected chi connectivity index (χ1v) is 8.02. The number of hydrogen-bond acceptors (Lipinski definition) is 4. The SMILES string of the molecule is CCOc1cc2c(cc1NC(=O)c1cccc(OC)c1)O[C@@H](C)C2. The Kier molecular flexibility index (Phi) is 4.60. The predicted octanol–water partition coefficient (Wildman–Crippen LogP) is 3.67. The van der Waals surface area contributed by atoms with Crippen molar-refractivity contribution in [1.29, 1.82) is 0 Å². The fourth-order valence-corrected chi connectivity index (χ4v) is 2.77. The molecular weight excluding hydrogens is 306 g/mol. The van der Waals surface area contributed by atoms with Crippen LogP contribution in [-0.2, 0) is 6.42 Å². The molecule has 1 atom stereocenters. The monoisotopic (exact) mass is 327 g/mol. The average molecular weight is 327 g/mol. The van der Waals surface area contributed by atoms with Crippen LogP contribution in [0.5, 0.6) is 17.2 Å². The summed E-state index contributed by atoms with van der Waals surface area (Å²) in [7, 11) is 1.57. The molecular formula is C19H21NO4. The molecule has 0 bridgehead atoms. The topological polar surface area (TPSA) is 56.8 Å². The van der Waals surface area contributed by atoms with E-state index in [0.29, 0.717) is 29.4 Å². The van der Waals surface area contributed by atoms with Crippen LogP contribution in [0, 0.1) is 0 Å². The van der Waals surface area contributed by atoms with Gasteiger partial charge in [0.05, 0.1) is 19.4 Å². The minimum Gasteiger partial charge on any atom is -0.497 e. The van der Waals surface area contributed by atoms with Crippen LogP contribution in [0.25, 0.3) is 0 Å². The van der Waals surface area contributed by atoms with Gasteiger partial charge in [-0.3, -0.25) is 4.79 Å². The van der Waals surface area contributed by atoms with Crippen LogP contribution in [0.2, 0.25) is 0 Å². The highest BCUT2D eigenvalue weighted by Gasteiger charge is 2.22. The number of carbonyl (C=O) groups excluding carboxylic acids is 1. The number of anilines is 1. The third-order valence-electron chi connectivity index (χ3n) is 3.88. The number of nitrogens with one attached hydrogen (secondary N) is 1. The molecule has 24 heavy (non-hydrogen) atoms. The van der Waals surface area contributed by atoms with Crippen LogP contribution >= 0.6 is 0 Å². The largest absolute Gasteiger partial charge is 0.497 e. The Morgan fingerprint density at radius 3 is 2.92 bits per heavy atom. The molecule has 0 spiro atoms. The lowest BCUT2D eigenvalue weighted by molar-refractivity contribution is 0.102. The molecule has 1 aliphatic rings. The molecule has 2 aromatic carbocycles. The van der Waals surface area contributed by atoms with E-state index in [1.165, 1.54) is 0 Å². The molecule has 0 aromatic heterocycles. The van der Waals surface area contributed by atoms with Crippen molar-refractivity contribution in [2.45, 2.75) is 26.4 Å². The van der Waals surface area contributed by atoms with Crippen molar-refractivity contribution in [3.63, 3.8) is 0 Å². The van der Waals surface area contributed by atoms with Gasteiger partial charge in [-0.1, -0.05) is 6.07 Å². The van der Waals surface area contributed by atoms with Gasteiger partial charge in [0.15, 0.2) is 0 Å². The van der Waals surface area contributed by atoms with Crippen LogP contribution in [-0.4, -0.2) is 25.7 Å². The highest BCUT2D eigenvalue weighted by Crippen LogP contribution is 2.38. The van der Waals surface area contributed by atoms with Crippen molar-refractivity contribution in [3.8, 4) is 17.2 Å². The second kappa shape index (κ2) is 6.83. The van der Waals surface area contributed by atoms with Gasteiger partial charge >= 0.3 is 0 Å². The maximum absolute atomic E-state index is 12.5. The first-order chi connectivity index (χ1) is 11.6. The number of fused-ring (bicyclic) bond motifs is 1. The number of carbonyl (C=O) groups is 1. The maximum atomic E-state index is 12.5. The summed E-state index contributed by atoms with van der Waals surface area (Å²) in [4.78, 5) is 12.5. The summed E-state index contributed by atoms with van der Waals surface area (Å²) in [5, 5.41) is 2.91. The van der Waals surface area contributed by atoms with Gasteiger partial charge in [0.1, 0.15) is 23.4 Å². The molecule has 3 rings (SSSR count). The van der Waals surface area contributed by atoms with E-state index in [2.05, 4.69) is 5.32 Å². The fraction of sp³-hybridized carbons (Fsp3) is 0.316. The molecule has 0 radical (unpaired) electrons. The number of amides is 1. The summed E-state index contributed by atoms with van der Waals surface area (Å²) < 4.78 is 16.6. The molecule has 1 amide bonds. The zero-order chi connectivity index (χ0) is 17.1. The number of ether oxygens (including phenoxy) is 3. The first kappa shape index (κ1) is 16.2. The molecule has 1 aliphatic heterocycles. The Bertz CT molecular complexity index is 757. The second-order valence-electron chi connectivity index (χ2n) is 5.71. The molecule has 0 saturated heterocycles. The Morgan fingerprint density at radius 2 is 2.17 bits per heavy atom. The smallest absolute Gasteiger partial charge is 0.255 e. The molecule has 0 unspecified atom stereocenters. The van der Waals surface area contributed by atoms with E-state index in [4.69, 9.17) is 14.2 Å². The summed E-state index contributed by atoms with van der Waals surface area (Å²) in [6.45, 7) is 4.46. The lowest BCUT2D eigenvalue weighted by Gasteiger charge is -2.14. The third kappa shape index (κ3) is 3.30. The highest BCUT2D eigenvalue weighted by molar-refractivity contribution is 6.05. The summed E-state index contributed by atoms with van der Waals surface area (Å²) >= 11 is 0. The summed E-state index contributed by atoms with van der Waals surface area (Å²) in [5.74, 6) is 1.87. The van der Waals surface area contributed by atoms with Crippen LogP contribution in [0.15, 0.2) is 36.4 Å². The molecule has 1 N–H and O–H groups in total. The molecule has 5 heteroatoms. The number of rotatable bonds is 5. The van der Waals surface area contributed by atoms with E-state index in [-0.39, 0.29) is 12.0 Å². The quantitative estimate of drug-likeness (QED) is 0.910. The molecule has 1 heterocycles. The number of hydrogen-bond donors (Lipinski definition) is 1. The Hall–Kier alpha value is -2.69. The van der Waals surface area contributed by atoms with E-state index in [9.17, 15) is 4.79 Å². The molecule has 5 nitrogen and oxygen atoms in total. The molecule has 2 aromatic rings. The van der Waals surface area contributed by atoms with Crippen molar-refractivity contribution >= 4 is 11.6 Å². The standard InChI is InChI=1S/C19H21NO4/c1-4-23-18-10-14-8-12(2)24-17(14)11-16(18)20-19(21)13-6-5-7-15(9-13)22-3/h5-7,9-12H,4,8H2,1-3H3,(H,20,21)/t12-/m0/s1. The second-order valence-corrected chi connectivity index (χ2v) is 5.71. The Labute approximate surface area is 141 Å². The Morgan fingerprint density at radius 1 is 1.33 bits per heavy atom. The zero-order valence-electron chi connectivity index (χ0n) is 14.1. The van der Waals surface area contributed by atoms with Gasteiger partial charge < -0.3 is 19.5 Å². The molecule has 0 aliphatic carbocycles. The van der Waals surface area contributed by atoms with Crippen LogP contribution < -0.4 is 19.5 Å². The minimum atomic E-state index is -0.221. The molecule has 0 saturated carbocycles. The van der Waals surface area contributed by atoms with Crippen molar-refractivity contribution in [2.75, 3.05) is 19.0 Å². The van der Waals surface area contributed by atoms with Gasteiger partial charge in [0.25, 0.3) is 5.91 Å². The van der Waals surface area contributed by atoms with Crippen LogP contribution in [0.1, 0.15) is 29.8 Å². The predicted molar refractivity (Wildman–Crippen MR) is 92.4 cm³/mol. The highest BCUT2D eigenvalue weighted by atomic mass is 16.5. The summed E-state index contributed by atoms with van der Waals surface area (Å²) in [5.41, 5.74) is 2.23. The Balaban J connectivity index is 1.88. The maximum Gasteiger partial charge on any atom is 0.255 e. The van der Waals surface area contributed by atoms with Gasteiger partial charge in [-0.2, -0.15) is 0 Å². The average Bonchev–Trinajstić information content (AvgIpc) is 2.94. The van der Waals surface area contributed by atoms with Crippen molar-refractivity contribution in [1.82, 2.24) is 0 Å². The van der Waals surface area contributed by atoms with Gasteiger partial charge in [-0.25, -0.2) is 0 Å². The first-order valence-electron chi connectivity index (χ1n) is 8.02. The van der Waals surface area contributed by atoms with Gasteiger partial charge in [-0.15, -0.1) is 0 Å². The van der Waals surface area contributed by atoms with Crippen molar-refractivity contribution in [3.05, 3.63) is 47.5 Å². The fourth-order valence-electron chi connectivity index (χ4n) is 2.77. The number of methoxy groups -OCH3 is 1. The van der Waals surface area contributed by atoms with Crippen LogP contribution in [0.3, 0.4) is 0 Å². The lowest BCUT2D eigenvalue weighted by atomic mass is 10.1. The number of benzene rings is 2. The van der Waals surface area contributed by atoms with Crippen molar-refractivity contribution in [2.24, 2.45) is 0 Å². The summed E-state index contributed by atoms with van der Waals surface area (Å²) in [6, 6.07) is 10.8. The lowest BCUT2D eigenvalue weighted by Crippen LogP contribution is -2.13. The van der Waals surface area contributed by atoms with E-state index in [1.807, 2.05) is 26.0 Å². The molecule has 0 fully saturated rings. The van der Waals surface area contributed by atoms with Gasteiger partial charge in [-0.05, 0) is 38.1 Å². The van der Waals surface area contributed by atoms with Gasteiger partial charge in [0.2, 0.25) is 0 Å². The van der Waals surface area contributed by atoms with Gasteiger partial charge in [0, 0.05) is 23.6 Å². The summed E-state index contributed by atoms with van der Waals surface area (Å²) in [6.07, 6.45) is 0.985.